The zero-order valence-corrected chi connectivity index (χ0v) is 12.4. The number of carbonyl (C=O) groups excluding carboxylic acids is 1. The molecule has 2 heterocycles. The Morgan fingerprint density at radius 3 is 2.76 bits per heavy atom. The van der Waals surface area contributed by atoms with Gasteiger partial charge in [0.15, 0.2) is 11.2 Å². The lowest BCUT2D eigenvalue weighted by atomic mass is 10.2. The SMILES string of the molecule is COc1ccc2c(=O)cc(C(=O)N3CCSCC3)oc2c1. The highest BCUT2D eigenvalue weighted by atomic mass is 32.2. The van der Waals surface area contributed by atoms with Crippen LogP contribution in [0.25, 0.3) is 11.0 Å². The predicted molar refractivity (Wildman–Crippen MR) is 82.3 cm³/mol. The summed E-state index contributed by atoms with van der Waals surface area (Å²) in [4.78, 5) is 26.2. The molecule has 0 spiro atoms. The molecule has 0 bridgehead atoms. The van der Waals surface area contributed by atoms with Crippen molar-refractivity contribution >= 4 is 28.6 Å². The van der Waals surface area contributed by atoms with Crippen molar-refractivity contribution in [1.29, 1.82) is 0 Å². The van der Waals surface area contributed by atoms with E-state index in [1.807, 2.05) is 11.8 Å². The molecule has 0 N–H and O–H groups in total. The molecule has 6 heteroatoms. The Labute approximate surface area is 125 Å². The average molecular weight is 305 g/mol. The van der Waals surface area contributed by atoms with Crippen LogP contribution in [-0.4, -0.2) is 42.5 Å². The minimum atomic E-state index is -0.225. The lowest BCUT2D eigenvalue weighted by Gasteiger charge is -2.25. The fraction of sp³-hybridized carbons (Fsp3) is 0.333. The zero-order valence-electron chi connectivity index (χ0n) is 11.6. The van der Waals surface area contributed by atoms with E-state index in [0.717, 1.165) is 11.5 Å². The third-order valence-corrected chi connectivity index (χ3v) is 4.39. The van der Waals surface area contributed by atoms with Gasteiger partial charge in [0, 0.05) is 36.7 Å². The standard InChI is InChI=1S/C15H15NO4S/c1-19-10-2-3-11-12(17)9-14(20-13(11)8-10)15(18)16-4-6-21-7-5-16/h2-3,8-9H,4-7H2,1H3. The Balaban J connectivity index is 2.02. The molecule has 1 aromatic heterocycles. The predicted octanol–water partition coefficient (Wildman–Crippen LogP) is 1.99. The molecule has 0 saturated carbocycles. The van der Waals surface area contributed by atoms with Gasteiger partial charge in [-0.15, -0.1) is 0 Å². The molecule has 0 atom stereocenters. The Morgan fingerprint density at radius 1 is 1.29 bits per heavy atom. The molecule has 1 amide bonds. The van der Waals surface area contributed by atoms with Crippen LogP contribution < -0.4 is 10.2 Å². The second-order valence-corrected chi connectivity index (χ2v) is 5.97. The van der Waals surface area contributed by atoms with Gasteiger partial charge in [0.05, 0.1) is 12.5 Å². The van der Waals surface area contributed by atoms with E-state index in [1.54, 1.807) is 30.2 Å². The highest BCUT2D eigenvalue weighted by Crippen LogP contribution is 2.20. The average Bonchev–Trinajstić information content (AvgIpc) is 2.54. The Kier molecular flexibility index (Phi) is 3.88. The topological polar surface area (TPSA) is 59.8 Å². The van der Waals surface area contributed by atoms with Gasteiger partial charge in [-0.1, -0.05) is 0 Å². The van der Waals surface area contributed by atoms with Gasteiger partial charge in [0.1, 0.15) is 11.3 Å². The molecule has 0 aliphatic carbocycles. The van der Waals surface area contributed by atoms with Crippen LogP contribution in [0.4, 0.5) is 0 Å². The minimum Gasteiger partial charge on any atom is -0.497 e. The molecule has 5 nitrogen and oxygen atoms in total. The summed E-state index contributed by atoms with van der Waals surface area (Å²) in [6, 6.07) is 6.24. The van der Waals surface area contributed by atoms with E-state index in [-0.39, 0.29) is 17.1 Å². The van der Waals surface area contributed by atoms with E-state index < -0.39 is 0 Å². The number of rotatable bonds is 2. The molecule has 21 heavy (non-hydrogen) atoms. The van der Waals surface area contributed by atoms with Gasteiger partial charge < -0.3 is 14.1 Å². The van der Waals surface area contributed by atoms with Gasteiger partial charge in [-0.3, -0.25) is 9.59 Å². The summed E-state index contributed by atoms with van der Waals surface area (Å²) in [6.07, 6.45) is 0. The molecular weight excluding hydrogens is 290 g/mol. The van der Waals surface area contributed by atoms with Crippen molar-refractivity contribution < 1.29 is 13.9 Å². The summed E-state index contributed by atoms with van der Waals surface area (Å²) in [5.74, 6) is 2.28. The summed E-state index contributed by atoms with van der Waals surface area (Å²) >= 11 is 1.82. The molecule has 1 fully saturated rings. The highest BCUT2D eigenvalue weighted by Gasteiger charge is 2.21. The van der Waals surface area contributed by atoms with E-state index >= 15 is 0 Å². The van der Waals surface area contributed by atoms with E-state index in [4.69, 9.17) is 9.15 Å². The van der Waals surface area contributed by atoms with Crippen LogP contribution in [0.5, 0.6) is 5.75 Å². The number of thioether (sulfide) groups is 1. The van der Waals surface area contributed by atoms with E-state index in [9.17, 15) is 9.59 Å². The van der Waals surface area contributed by atoms with E-state index in [0.29, 0.717) is 29.8 Å². The van der Waals surface area contributed by atoms with Crippen LogP contribution in [0.15, 0.2) is 33.5 Å². The van der Waals surface area contributed by atoms with Gasteiger partial charge in [0.25, 0.3) is 5.91 Å². The van der Waals surface area contributed by atoms with Gasteiger partial charge in [-0.2, -0.15) is 11.8 Å². The van der Waals surface area contributed by atoms with Crippen molar-refractivity contribution in [3.05, 3.63) is 40.2 Å². The maximum Gasteiger partial charge on any atom is 0.289 e. The molecular formula is C15H15NO4S. The van der Waals surface area contributed by atoms with Crippen molar-refractivity contribution in [2.24, 2.45) is 0 Å². The number of methoxy groups -OCH3 is 1. The van der Waals surface area contributed by atoms with Crippen molar-refractivity contribution in [2.75, 3.05) is 31.7 Å². The van der Waals surface area contributed by atoms with Gasteiger partial charge in [-0.25, -0.2) is 0 Å². The van der Waals surface area contributed by atoms with Gasteiger partial charge >= 0.3 is 0 Å². The molecule has 3 rings (SSSR count). The molecule has 110 valence electrons. The molecule has 0 unspecified atom stereocenters. The van der Waals surface area contributed by atoms with Gasteiger partial charge in [0.2, 0.25) is 0 Å². The molecule has 1 aromatic carbocycles. The zero-order chi connectivity index (χ0) is 14.8. The van der Waals surface area contributed by atoms with Crippen LogP contribution >= 0.6 is 11.8 Å². The molecule has 1 aliphatic rings. The first-order chi connectivity index (χ1) is 10.2. The number of hydrogen-bond donors (Lipinski definition) is 0. The Bertz CT molecular complexity index is 734. The van der Waals surface area contributed by atoms with E-state index in [2.05, 4.69) is 0 Å². The molecule has 2 aromatic rings. The second-order valence-electron chi connectivity index (χ2n) is 4.74. The maximum atomic E-state index is 12.4. The number of carbonyl (C=O) groups is 1. The maximum absolute atomic E-state index is 12.4. The molecule has 1 aliphatic heterocycles. The lowest BCUT2D eigenvalue weighted by Crippen LogP contribution is -2.38. The first-order valence-corrected chi connectivity index (χ1v) is 7.83. The lowest BCUT2D eigenvalue weighted by molar-refractivity contribution is 0.0741. The number of hydrogen-bond acceptors (Lipinski definition) is 5. The third-order valence-electron chi connectivity index (χ3n) is 3.45. The summed E-state index contributed by atoms with van der Waals surface area (Å²) in [7, 11) is 1.54. The minimum absolute atomic E-state index is 0.0904. The summed E-state index contributed by atoms with van der Waals surface area (Å²) < 4.78 is 10.7. The second kappa shape index (κ2) is 5.81. The first-order valence-electron chi connectivity index (χ1n) is 6.68. The quantitative estimate of drug-likeness (QED) is 0.849. The van der Waals surface area contributed by atoms with Crippen molar-refractivity contribution in [3.63, 3.8) is 0 Å². The number of ether oxygens (including phenoxy) is 1. The first kappa shape index (κ1) is 14.0. The fourth-order valence-electron chi connectivity index (χ4n) is 2.29. The highest BCUT2D eigenvalue weighted by molar-refractivity contribution is 7.99. The van der Waals surface area contributed by atoms with E-state index in [1.165, 1.54) is 6.07 Å². The van der Waals surface area contributed by atoms with Crippen molar-refractivity contribution in [1.82, 2.24) is 4.90 Å². The number of nitrogens with zero attached hydrogens (tertiary/aromatic N) is 1. The fourth-order valence-corrected chi connectivity index (χ4v) is 3.19. The van der Waals surface area contributed by atoms with Crippen LogP contribution in [0, 0.1) is 0 Å². The number of benzene rings is 1. The van der Waals surface area contributed by atoms with Gasteiger partial charge in [-0.05, 0) is 12.1 Å². The smallest absolute Gasteiger partial charge is 0.289 e. The summed E-state index contributed by atoms with van der Waals surface area (Å²) in [6.45, 7) is 1.37. The van der Waals surface area contributed by atoms with Crippen LogP contribution in [0.3, 0.4) is 0 Å². The number of fused-ring (bicyclic) bond motifs is 1. The van der Waals surface area contributed by atoms with Crippen LogP contribution in [0.1, 0.15) is 10.6 Å². The normalized spacial score (nSPS) is 15.2. The van der Waals surface area contributed by atoms with Crippen molar-refractivity contribution in [3.8, 4) is 5.75 Å². The Hall–Kier alpha value is -1.95. The monoisotopic (exact) mass is 305 g/mol. The van der Waals surface area contributed by atoms with Crippen LogP contribution in [0.2, 0.25) is 0 Å². The van der Waals surface area contributed by atoms with Crippen molar-refractivity contribution in [2.45, 2.75) is 0 Å². The number of amides is 1. The molecule has 0 radical (unpaired) electrons. The largest absolute Gasteiger partial charge is 0.497 e. The third kappa shape index (κ3) is 2.76. The summed E-state index contributed by atoms with van der Waals surface area (Å²) in [5, 5.41) is 0.446. The molecule has 1 saturated heterocycles. The van der Waals surface area contributed by atoms with Crippen LogP contribution in [-0.2, 0) is 0 Å². The Morgan fingerprint density at radius 2 is 2.05 bits per heavy atom. The summed E-state index contributed by atoms with van der Waals surface area (Å²) in [5.41, 5.74) is 0.158.